The molecule has 0 unspecified atom stereocenters. The van der Waals surface area contributed by atoms with E-state index < -0.39 is 0 Å². The molecule has 9 heteroatoms. The van der Waals surface area contributed by atoms with Crippen LogP contribution in [0.1, 0.15) is 16.6 Å². The zero-order valence-corrected chi connectivity index (χ0v) is 16.7. The number of morpholine rings is 1. The fourth-order valence-corrected chi connectivity index (χ4v) is 4.87. The summed E-state index contributed by atoms with van der Waals surface area (Å²) >= 11 is 2.87. The number of ether oxygens (including phenoxy) is 1. The predicted molar refractivity (Wildman–Crippen MR) is 108 cm³/mol. The van der Waals surface area contributed by atoms with E-state index in [-0.39, 0.29) is 11.2 Å². The van der Waals surface area contributed by atoms with Gasteiger partial charge in [-0.1, -0.05) is 53.4 Å². The molecule has 3 heterocycles. The van der Waals surface area contributed by atoms with Gasteiger partial charge < -0.3 is 19.4 Å². The Bertz CT molecular complexity index is 880. The molecule has 1 saturated heterocycles. The minimum Gasteiger partial charge on any atom is -0.467 e. The Kier molecular flexibility index (Phi) is 6.25. The number of nitrogens with one attached hydrogen (secondary N) is 1. The first-order valence-electron chi connectivity index (χ1n) is 8.97. The third-order valence-electron chi connectivity index (χ3n) is 4.27. The lowest BCUT2D eigenvalue weighted by Crippen LogP contribution is -2.42. The van der Waals surface area contributed by atoms with Gasteiger partial charge in [-0.2, -0.15) is 0 Å². The van der Waals surface area contributed by atoms with Crippen molar-refractivity contribution in [1.82, 2.24) is 15.1 Å². The number of thioether (sulfide) groups is 1. The van der Waals surface area contributed by atoms with Gasteiger partial charge in [-0.05, 0) is 17.7 Å². The molecular weight excluding hydrogens is 396 g/mol. The molecule has 2 aromatic heterocycles. The normalized spacial score (nSPS) is 15.4. The monoisotopic (exact) mass is 416 g/mol. The summed E-state index contributed by atoms with van der Waals surface area (Å²) in [6, 6.07) is 13.6. The number of carbonyl (C=O) groups is 1. The molecule has 1 aliphatic heterocycles. The van der Waals surface area contributed by atoms with Crippen LogP contribution < -0.4 is 5.32 Å². The Morgan fingerprint density at radius 1 is 1.18 bits per heavy atom. The van der Waals surface area contributed by atoms with Crippen molar-refractivity contribution in [3.8, 4) is 0 Å². The number of carbonyl (C=O) groups excluding carboxylic acids is 1. The molecule has 1 amide bonds. The van der Waals surface area contributed by atoms with Crippen LogP contribution in [0, 0.1) is 0 Å². The van der Waals surface area contributed by atoms with E-state index in [0.29, 0.717) is 38.0 Å². The molecule has 146 valence electrons. The molecule has 1 aromatic carbocycles. The van der Waals surface area contributed by atoms with E-state index in [1.807, 2.05) is 47.4 Å². The molecule has 0 saturated carbocycles. The zero-order chi connectivity index (χ0) is 19.2. The Labute approximate surface area is 171 Å². The summed E-state index contributed by atoms with van der Waals surface area (Å²) in [5.41, 5.74) is 0.962. The lowest BCUT2D eigenvalue weighted by molar-refractivity contribution is -0.134. The molecule has 28 heavy (non-hydrogen) atoms. The number of anilines is 1. The molecule has 1 atom stereocenters. The van der Waals surface area contributed by atoms with Crippen molar-refractivity contribution in [3.63, 3.8) is 0 Å². The largest absolute Gasteiger partial charge is 0.467 e. The van der Waals surface area contributed by atoms with Crippen LogP contribution in [0.3, 0.4) is 0 Å². The van der Waals surface area contributed by atoms with Crippen molar-refractivity contribution >= 4 is 34.1 Å². The summed E-state index contributed by atoms with van der Waals surface area (Å²) in [5.74, 6) is 0.911. The third kappa shape index (κ3) is 4.73. The van der Waals surface area contributed by atoms with Crippen LogP contribution in [0.5, 0.6) is 0 Å². The topological polar surface area (TPSA) is 80.5 Å². The highest BCUT2D eigenvalue weighted by Crippen LogP contribution is 2.39. The van der Waals surface area contributed by atoms with Crippen molar-refractivity contribution in [2.24, 2.45) is 0 Å². The minimum absolute atomic E-state index is 0.0831. The maximum atomic E-state index is 13.2. The van der Waals surface area contributed by atoms with E-state index >= 15 is 0 Å². The summed E-state index contributed by atoms with van der Waals surface area (Å²) in [4.78, 5) is 15.0. The van der Waals surface area contributed by atoms with Gasteiger partial charge in [-0.25, -0.2) is 0 Å². The summed E-state index contributed by atoms with van der Waals surface area (Å²) < 4.78 is 11.4. The van der Waals surface area contributed by atoms with Crippen LogP contribution >= 0.6 is 23.1 Å². The maximum absolute atomic E-state index is 13.2. The van der Waals surface area contributed by atoms with Gasteiger partial charge in [0, 0.05) is 13.1 Å². The van der Waals surface area contributed by atoms with Crippen LogP contribution in [0.15, 0.2) is 57.5 Å². The summed E-state index contributed by atoms with van der Waals surface area (Å²) in [7, 11) is 0. The average molecular weight is 417 g/mol. The van der Waals surface area contributed by atoms with Gasteiger partial charge in [-0.15, -0.1) is 10.2 Å². The Balaban J connectivity index is 1.47. The first-order chi connectivity index (χ1) is 13.8. The molecule has 1 aliphatic rings. The van der Waals surface area contributed by atoms with E-state index in [9.17, 15) is 4.79 Å². The minimum atomic E-state index is -0.356. The van der Waals surface area contributed by atoms with Crippen LogP contribution in [-0.4, -0.2) is 47.3 Å². The van der Waals surface area contributed by atoms with Crippen molar-refractivity contribution in [2.75, 3.05) is 31.6 Å². The quantitative estimate of drug-likeness (QED) is 0.591. The highest BCUT2D eigenvalue weighted by molar-refractivity contribution is 8.01. The van der Waals surface area contributed by atoms with Gasteiger partial charge in [0.25, 0.3) is 0 Å². The number of hydrogen-bond donors (Lipinski definition) is 1. The first kappa shape index (κ1) is 19.0. The van der Waals surface area contributed by atoms with Crippen molar-refractivity contribution in [3.05, 3.63) is 60.1 Å². The standard InChI is InChI=1S/C19H20N4O3S2/c24-17(23-8-11-25-12-9-23)16(14-5-2-1-3-6-14)27-19-22-21-18(28-19)20-13-15-7-4-10-26-15/h1-7,10,16H,8-9,11-13H2,(H,20,21)/t16-/m0/s1. The summed E-state index contributed by atoms with van der Waals surface area (Å²) in [5, 5.41) is 12.0. The summed E-state index contributed by atoms with van der Waals surface area (Å²) in [6.07, 6.45) is 1.64. The number of furan rings is 1. The van der Waals surface area contributed by atoms with Crippen LogP contribution in [0.25, 0.3) is 0 Å². The fourth-order valence-electron chi connectivity index (χ4n) is 2.84. The van der Waals surface area contributed by atoms with Gasteiger partial charge in [-0.3, -0.25) is 4.79 Å². The van der Waals surface area contributed by atoms with E-state index in [2.05, 4.69) is 15.5 Å². The van der Waals surface area contributed by atoms with E-state index in [4.69, 9.17) is 9.15 Å². The fraction of sp³-hybridized carbons (Fsp3) is 0.316. The average Bonchev–Trinajstić information content (AvgIpc) is 3.43. The number of rotatable bonds is 7. The smallest absolute Gasteiger partial charge is 0.240 e. The van der Waals surface area contributed by atoms with Crippen molar-refractivity contribution in [2.45, 2.75) is 16.1 Å². The number of hydrogen-bond acceptors (Lipinski definition) is 8. The van der Waals surface area contributed by atoms with Crippen molar-refractivity contribution in [1.29, 1.82) is 0 Å². The molecule has 1 N–H and O–H groups in total. The molecule has 1 fully saturated rings. The maximum Gasteiger partial charge on any atom is 0.240 e. The van der Waals surface area contributed by atoms with Crippen LogP contribution in [0.4, 0.5) is 5.13 Å². The molecule has 0 radical (unpaired) electrons. The summed E-state index contributed by atoms with van der Waals surface area (Å²) in [6.45, 7) is 2.94. The predicted octanol–water partition coefficient (Wildman–Crippen LogP) is 3.44. The Hall–Kier alpha value is -2.36. The second-order valence-electron chi connectivity index (χ2n) is 6.15. The Morgan fingerprint density at radius 3 is 2.75 bits per heavy atom. The molecule has 0 spiro atoms. The van der Waals surface area contributed by atoms with Gasteiger partial charge >= 0.3 is 0 Å². The number of nitrogens with zero attached hydrogens (tertiary/aromatic N) is 3. The molecular formula is C19H20N4O3S2. The molecule has 3 aromatic rings. The second kappa shape index (κ2) is 9.22. The SMILES string of the molecule is O=C([C@@H](Sc1nnc(NCc2ccco2)s1)c1ccccc1)N1CCOCC1. The zero-order valence-electron chi connectivity index (χ0n) is 15.1. The molecule has 7 nitrogen and oxygen atoms in total. The molecule has 0 aliphatic carbocycles. The van der Waals surface area contributed by atoms with Crippen molar-refractivity contribution < 1.29 is 13.9 Å². The van der Waals surface area contributed by atoms with Gasteiger partial charge in [0.2, 0.25) is 11.0 Å². The van der Waals surface area contributed by atoms with E-state index in [0.717, 1.165) is 15.7 Å². The van der Waals surface area contributed by atoms with E-state index in [1.54, 1.807) is 6.26 Å². The number of benzene rings is 1. The van der Waals surface area contributed by atoms with Gasteiger partial charge in [0.1, 0.15) is 11.0 Å². The van der Waals surface area contributed by atoms with Gasteiger partial charge in [0.15, 0.2) is 4.34 Å². The number of amides is 1. The third-order valence-corrected chi connectivity index (χ3v) is 6.48. The lowest BCUT2D eigenvalue weighted by Gasteiger charge is -2.30. The van der Waals surface area contributed by atoms with Gasteiger partial charge in [0.05, 0.1) is 26.0 Å². The van der Waals surface area contributed by atoms with E-state index in [1.165, 1.54) is 23.1 Å². The first-order valence-corrected chi connectivity index (χ1v) is 10.7. The Morgan fingerprint density at radius 2 is 2.00 bits per heavy atom. The van der Waals surface area contributed by atoms with Crippen LogP contribution in [0.2, 0.25) is 0 Å². The lowest BCUT2D eigenvalue weighted by atomic mass is 10.1. The second-order valence-corrected chi connectivity index (χ2v) is 8.48. The molecule has 0 bridgehead atoms. The van der Waals surface area contributed by atoms with Crippen LogP contribution in [-0.2, 0) is 16.1 Å². The highest BCUT2D eigenvalue weighted by Gasteiger charge is 2.29. The highest BCUT2D eigenvalue weighted by atomic mass is 32.2. The number of aromatic nitrogens is 2. The molecule has 4 rings (SSSR count).